The molecule has 2 atom stereocenters. The van der Waals surface area contributed by atoms with Gasteiger partial charge in [-0.2, -0.15) is 0 Å². The molecule has 0 bridgehead atoms. The molecule has 1 fully saturated rings. The number of nitrogens with zero attached hydrogens (tertiary/aromatic N) is 2. The molecular weight excluding hydrogens is 541 g/mol. The first-order valence-electron chi connectivity index (χ1n) is 13.7. The van der Waals surface area contributed by atoms with Gasteiger partial charge in [0.1, 0.15) is 52.6 Å². The van der Waals surface area contributed by atoms with Crippen LogP contribution in [0.4, 0.5) is 4.39 Å². The number of primary amides is 1. The average Bonchev–Trinajstić information content (AvgIpc) is 3.48. The molecule has 42 heavy (non-hydrogen) atoms. The van der Waals surface area contributed by atoms with Crippen molar-refractivity contribution in [2.45, 2.75) is 56.7 Å². The highest BCUT2D eigenvalue weighted by atomic mass is 19.1. The number of amides is 1. The molecule has 2 aliphatic rings. The lowest BCUT2D eigenvalue weighted by molar-refractivity contribution is -0.123. The fourth-order valence-corrected chi connectivity index (χ4v) is 5.01. The van der Waals surface area contributed by atoms with Gasteiger partial charge in [0.25, 0.3) is 0 Å². The number of pyridine rings is 1. The first kappa shape index (κ1) is 27.6. The minimum atomic E-state index is -1.56. The summed E-state index contributed by atoms with van der Waals surface area (Å²) >= 11 is 0. The van der Waals surface area contributed by atoms with Crippen LogP contribution in [-0.2, 0) is 15.8 Å². The van der Waals surface area contributed by atoms with E-state index in [4.69, 9.17) is 19.6 Å². The summed E-state index contributed by atoms with van der Waals surface area (Å²) in [5, 5.41) is 11.6. The van der Waals surface area contributed by atoms with E-state index in [1.54, 1.807) is 50.2 Å². The number of aromatic nitrogens is 2. The number of ketones is 1. The van der Waals surface area contributed by atoms with E-state index < -0.39 is 22.7 Å². The molecular formula is C32H30FN3O6. The Morgan fingerprint density at radius 2 is 1.95 bits per heavy atom. The molecule has 10 heteroatoms. The molecule has 2 aromatic heterocycles. The Morgan fingerprint density at radius 3 is 2.62 bits per heavy atom. The van der Waals surface area contributed by atoms with Crippen LogP contribution in [-0.4, -0.2) is 39.5 Å². The maximum atomic E-state index is 13.7. The third-order valence-corrected chi connectivity index (χ3v) is 7.95. The third-order valence-electron chi connectivity index (χ3n) is 7.95. The smallest absolute Gasteiger partial charge is 0.231 e. The number of halogens is 1. The summed E-state index contributed by atoms with van der Waals surface area (Å²) in [5.41, 5.74) is 6.44. The number of aliphatic hydroxyl groups is 1. The lowest BCUT2D eigenvalue weighted by atomic mass is 9.81. The number of fused-ring (bicyclic) bond motifs is 1. The summed E-state index contributed by atoms with van der Waals surface area (Å²) in [6.07, 6.45) is 4.92. The zero-order valence-corrected chi connectivity index (χ0v) is 23.2. The van der Waals surface area contributed by atoms with Gasteiger partial charge in [0.2, 0.25) is 5.91 Å². The molecule has 3 N–H and O–H groups in total. The minimum Gasteiger partial charge on any atom is -0.490 e. The SMILES string of the molecule is C[C@](O)(CCC(=O)c1ccc(-c2cocn2)c(OC2CC2)c1)c1cc2c(c(-c3ccc(F)cc3)n1)OC[C@]2(C)C(N)=O. The summed E-state index contributed by atoms with van der Waals surface area (Å²) in [5.74, 6) is -0.281. The summed E-state index contributed by atoms with van der Waals surface area (Å²) in [7, 11) is 0. The van der Waals surface area contributed by atoms with Crippen molar-refractivity contribution in [1.29, 1.82) is 0 Å². The zero-order chi connectivity index (χ0) is 29.6. The van der Waals surface area contributed by atoms with E-state index in [1.165, 1.54) is 24.8 Å². The summed E-state index contributed by atoms with van der Waals surface area (Å²) in [6, 6.07) is 12.5. The predicted molar refractivity (Wildman–Crippen MR) is 150 cm³/mol. The normalized spacial score (nSPS) is 19.0. The largest absolute Gasteiger partial charge is 0.490 e. The number of carbonyl (C=O) groups is 2. The number of hydrogen-bond acceptors (Lipinski definition) is 8. The average molecular weight is 572 g/mol. The molecule has 0 unspecified atom stereocenters. The molecule has 0 saturated heterocycles. The van der Waals surface area contributed by atoms with Crippen molar-refractivity contribution >= 4 is 11.7 Å². The third kappa shape index (κ3) is 5.14. The van der Waals surface area contributed by atoms with Crippen LogP contribution in [0.1, 0.15) is 61.1 Å². The van der Waals surface area contributed by atoms with E-state index in [0.29, 0.717) is 39.6 Å². The van der Waals surface area contributed by atoms with Gasteiger partial charge >= 0.3 is 0 Å². The molecule has 3 heterocycles. The van der Waals surface area contributed by atoms with Crippen molar-refractivity contribution in [2.75, 3.05) is 6.61 Å². The van der Waals surface area contributed by atoms with Crippen LogP contribution in [0.15, 0.2) is 65.6 Å². The van der Waals surface area contributed by atoms with Gasteiger partial charge in [0, 0.05) is 28.7 Å². The number of rotatable bonds is 10. The van der Waals surface area contributed by atoms with Gasteiger partial charge in [0.15, 0.2) is 12.2 Å². The molecule has 4 aromatic rings. The number of hydrogen-bond donors (Lipinski definition) is 2. The number of oxazole rings is 1. The molecule has 6 rings (SSSR count). The monoisotopic (exact) mass is 571 g/mol. The molecule has 0 spiro atoms. The van der Waals surface area contributed by atoms with Crippen molar-refractivity contribution in [3.05, 3.63) is 83.8 Å². The van der Waals surface area contributed by atoms with E-state index in [0.717, 1.165) is 18.4 Å². The van der Waals surface area contributed by atoms with Gasteiger partial charge in [0.05, 0.1) is 11.8 Å². The van der Waals surface area contributed by atoms with E-state index in [9.17, 15) is 19.1 Å². The van der Waals surface area contributed by atoms with Crippen LogP contribution < -0.4 is 15.2 Å². The van der Waals surface area contributed by atoms with Gasteiger partial charge in [-0.25, -0.2) is 14.4 Å². The summed E-state index contributed by atoms with van der Waals surface area (Å²) < 4.78 is 30.7. The minimum absolute atomic E-state index is 0.00716. The lowest BCUT2D eigenvalue weighted by Crippen LogP contribution is -2.40. The predicted octanol–water partition coefficient (Wildman–Crippen LogP) is 5.09. The standard InChI is InChI=1S/C32H30FN3O6/c1-31(30(34)38)16-41-29-23(31)14-27(36-28(29)18-3-6-20(33)7-4-18)32(2,39)12-11-25(37)19-5-10-22(24-15-40-17-35-24)26(13-19)42-21-8-9-21/h3-7,10,13-15,17,21,39H,8-9,11-12,16H2,1-2H3,(H2,34,38)/t31-,32-/m0/s1. The fourth-order valence-electron chi connectivity index (χ4n) is 5.01. The van der Waals surface area contributed by atoms with Crippen LogP contribution in [0.5, 0.6) is 11.5 Å². The van der Waals surface area contributed by atoms with Crippen molar-refractivity contribution in [3.8, 4) is 34.0 Å². The zero-order valence-electron chi connectivity index (χ0n) is 23.2. The Morgan fingerprint density at radius 1 is 1.19 bits per heavy atom. The first-order valence-corrected chi connectivity index (χ1v) is 13.7. The van der Waals surface area contributed by atoms with E-state index in [-0.39, 0.29) is 37.0 Å². The van der Waals surface area contributed by atoms with E-state index >= 15 is 0 Å². The highest BCUT2D eigenvalue weighted by molar-refractivity contribution is 5.97. The van der Waals surface area contributed by atoms with Gasteiger partial charge in [-0.1, -0.05) is 6.07 Å². The second-order valence-electron chi connectivity index (χ2n) is 11.3. The van der Waals surface area contributed by atoms with Gasteiger partial charge in [-0.15, -0.1) is 0 Å². The Bertz CT molecular complexity index is 1660. The molecule has 1 aliphatic carbocycles. The van der Waals surface area contributed by atoms with Crippen LogP contribution in [0, 0.1) is 5.82 Å². The summed E-state index contributed by atoms with van der Waals surface area (Å²) in [4.78, 5) is 34.7. The van der Waals surface area contributed by atoms with Crippen LogP contribution in [0.3, 0.4) is 0 Å². The summed E-state index contributed by atoms with van der Waals surface area (Å²) in [6.45, 7) is 3.24. The second-order valence-corrected chi connectivity index (χ2v) is 11.3. The topological polar surface area (TPSA) is 138 Å². The van der Waals surface area contributed by atoms with E-state index in [1.807, 2.05) is 0 Å². The fraction of sp³-hybridized carbons (Fsp3) is 0.312. The first-order chi connectivity index (χ1) is 20.0. The number of carbonyl (C=O) groups excluding carboxylic acids is 2. The van der Waals surface area contributed by atoms with Crippen molar-refractivity contribution in [2.24, 2.45) is 5.73 Å². The molecule has 1 aliphatic heterocycles. The molecule has 9 nitrogen and oxygen atoms in total. The Kier molecular flexibility index (Phi) is 6.81. The lowest BCUT2D eigenvalue weighted by Gasteiger charge is -2.26. The second kappa shape index (κ2) is 10.4. The molecule has 1 amide bonds. The number of nitrogens with two attached hydrogens (primary N) is 1. The van der Waals surface area contributed by atoms with Gasteiger partial charge in [-0.05, 0) is 75.6 Å². The van der Waals surface area contributed by atoms with Gasteiger partial charge < -0.3 is 24.7 Å². The Labute approximate surface area is 241 Å². The van der Waals surface area contributed by atoms with E-state index in [2.05, 4.69) is 9.97 Å². The molecule has 0 radical (unpaired) electrons. The van der Waals surface area contributed by atoms with Crippen LogP contribution in [0.25, 0.3) is 22.5 Å². The molecule has 216 valence electrons. The Balaban J connectivity index is 1.29. The quantitative estimate of drug-likeness (QED) is 0.251. The van der Waals surface area contributed by atoms with Crippen molar-refractivity contribution in [1.82, 2.24) is 9.97 Å². The maximum Gasteiger partial charge on any atom is 0.231 e. The van der Waals surface area contributed by atoms with Gasteiger partial charge in [-0.3, -0.25) is 9.59 Å². The number of ether oxygens (including phenoxy) is 2. The van der Waals surface area contributed by atoms with Crippen LogP contribution >= 0.6 is 0 Å². The van der Waals surface area contributed by atoms with Crippen LogP contribution in [0.2, 0.25) is 0 Å². The van der Waals surface area contributed by atoms with Crippen molar-refractivity contribution in [3.63, 3.8) is 0 Å². The number of benzene rings is 2. The molecule has 1 saturated carbocycles. The Hall–Kier alpha value is -4.57. The van der Waals surface area contributed by atoms with Crippen molar-refractivity contribution < 1.29 is 33.0 Å². The number of Topliss-reactive ketones (excluding diaryl/α,β-unsaturated/α-hetero) is 1. The highest BCUT2D eigenvalue weighted by Gasteiger charge is 2.45. The maximum absolute atomic E-state index is 13.7. The highest BCUT2D eigenvalue weighted by Crippen LogP contribution is 2.46. The molecule has 2 aromatic carbocycles.